The van der Waals surface area contributed by atoms with E-state index in [1.165, 1.54) is 4.90 Å². The van der Waals surface area contributed by atoms with E-state index < -0.39 is 12.2 Å². The van der Waals surface area contributed by atoms with Crippen LogP contribution >= 0.6 is 0 Å². The summed E-state index contributed by atoms with van der Waals surface area (Å²) in [6.07, 6.45) is 2.20. The first-order chi connectivity index (χ1) is 7.60. The van der Waals surface area contributed by atoms with Gasteiger partial charge in [-0.05, 0) is 24.0 Å². The van der Waals surface area contributed by atoms with Crippen LogP contribution in [0, 0.1) is 0 Å². The molecule has 1 amide bonds. The molecule has 0 aromatic rings. The number of nitrogens with zero attached hydrogens (tertiary/aromatic N) is 1. The molecule has 0 saturated heterocycles. The van der Waals surface area contributed by atoms with Gasteiger partial charge in [0.2, 0.25) is 0 Å². The quantitative estimate of drug-likeness (QED) is 0.724. The first kappa shape index (κ1) is 13.0. The zero-order valence-corrected chi connectivity index (χ0v) is 10.1. The summed E-state index contributed by atoms with van der Waals surface area (Å²) in [5.41, 5.74) is 2.19. The molecule has 4 nitrogen and oxygen atoms in total. The van der Waals surface area contributed by atoms with Crippen molar-refractivity contribution in [3.63, 3.8) is 0 Å². The van der Waals surface area contributed by atoms with Crippen LogP contribution in [0.1, 0.15) is 39.5 Å². The summed E-state index contributed by atoms with van der Waals surface area (Å²) in [6, 6.07) is 0. The highest BCUT2D eigenvalue weighted by Crippen LogP contribution is 2.25. The molecule has 0 aromatic heterocycles. The van der Waals surface area contributed by atoms with Gasteiger partial charge in [-0.2, -0.15) is 0 Å². The van der Waals surface area contributed by atoms with Crippen LogP contribution in [-0.2, 0) is 0 Å². The Morgan fingerprint density at radius 3 is 2.50 bits per heavy atom. The summed E-state index contributed by atoms with van der Waals surface area (Å²) in [5, 5.41) is 18.9. The Labute approximate surface area is 96.6 Å². The maximum Gasteiger partial charge on any atom is 0.407 e. The minimum Gasteiger partial charge on any atom is -0.465 e. The molecular formula is C12H21NO3. The molecule has 1 aliphatic rings. The number of amides is 1. The van der Waals surface area contributed by atoms with Crippen molar-refractivity contribution < 1.29 is 15.0 Å². The summed E-state index contributed by atoms with van der Waals surface area (Å²) in [4.78, 5) is 12.2. The van der Waals surface area contributed by atoms with Crippen LogP contribution in [0.25, 0.3) is 0 Å². The molecule has 1 rings (SSSR count). The van der Waals surface area contributed by atoms with Gasteiger partial charge in [-0.25, -0.2) is 4.79 Å². The Morgan fingerprint density at radius 2 is 2.00 bits per heavy atom. The molecule has 4 heteroatoms. The van der Waals surface area contributed by atoms with Crippen LogP contribution in [-0.4, -0.2) is 40.4 Å². The zero-order chi connectivity index (χ0) is 12.1. The van der Waals surface area contributed by atoms with Crippen LogP contribution in [0.3, 0.4) is 0 Å². The lowest BCUT2D eigenvalue weighted by Gasteiger charge is -2.32. The van der Waals surface area contributed by atoms with Crippen molar-refractivity contribution in [1.29, 1.82) is 0 Å². The third-order valence-corrected chi connectivity index (χ3v) is 2.97. The van der Waals surface area contributed by atoms with Gasteiger partial charge in [0.25, 0.3) is 0 Å². The van der Waals surface area contributed by atoms with Crippen LogP contribution in [0.2, 0.25) is 0 Å². The van der Waals surface area contributed by atoms with E-state index >= 15 is 0 Å². The first-order valence-electron chi connectivity index (χ1n) is 5.96. The fourth-order valence-corrected chi connectivity index (χ4v) is 2.25. The van der Waals surface area contributed by atoms with Crippen LogP contribution < -0.4 is 0 Å². The average Bonchev–Trinajstić information content (AvgIpc) is 2.23. The molecule has 0 fully saturated rings. The molecule has 2 N–H and O–H groups in total. The molecule has 0 aliphatic carbocycles. The van der Waals surface area contributed by atoms with Crippen molar-refractivity contribution in [2.24, 2.45) is 0 Å². The summed E-state index contributed by atoms with van der Waals surface area (Å²) in [5.74, 6) is 0. The lowest BCUT2D eigenvalue weighted by atomic mass is 9.91. The number of carboxylic acid groups (broad SMARTS) is 1. The van der Waals surface area contributed by atoms with Crippen molar-refractivity contribution in [3.05, 3.63) is 11.1 Å². The Morgan fingerprint density at radius 1 is 1.38 bits per heavy atom. The van der Waals surface area contributed by atoms with E-state index in [1.807, 2.05) is 0 Å². The largest absolute Gasteiger partial charge is 0.465 e. The average molecular weight is 227 g/mol. The number of hydrogen-bond donors (Lipinski definition) is 2. The van der Waals surface area contributed by atoms with Crippen LogP contribution in [0.5, 0.6) is 0 Å². The number of carbonyl (C=O) groups is 1. The Balaban J connectivity index is 2.87. The van der Waals surface area contributed by atoms with E-state index in [0.717, 1.165) is 36.8 Å². The second-order valence-electron chi connectivity index (χ2n) is 4.31. The normalized spacial score (nSPS) is 21.4. The molecule has 0 saturated carbocycles. The van der Waals surface area contributed by atoms with Crippen LogP contribution in [0.4, 0.5) is 4.79 Å². The van der Waals surface area contributed by atoms with E-state index in [4.69, 9.17) is 5.11 Å². The molecule has 0 radical (unpaired) electrons. The van der Waals surface area contributed by atoms with E-state index in [0.29, 0.717) is 6.54 Å². The maximum atomic E-state index is 10.9. The van der Waals surface area contributed by atoms with Crippen LogP contribution in [0.15, 0.2) is 11.1 Å². The summed E-state index contributed by atoms with van der Waals surface area (Å²) >= 11 is 0. The van der Waals surface area contributed by atoms with Crippen molar-refractivity contribution in [3.8, 4) is 0 Å². The molecule has 0 spiro atoms. The maximum absolute atomic E-state index is 10.9. The van der Waals surface area contributed by atoms with Crippen molar-refractivity contribution in [2.45, 2.75) is 45.6 Å². The predicted octanol–water partition coefficient (Wildman–Crippen LogP) is 2.24. The van der Waals surface area contributed by atoms with Crippen molar-refractivity contribution in [1.82, 2.24) is 4.90 Å². The van der Waals surface area contributed by atoms with E-state index in [2.05, 4.69) is 13.8 Å². The smallest absolute Gasteiger partial charge is 0.407 e. The number of β-amino-alcohol motifs (C(OH)–C–C–N with tert-alkyl or cyclic N) is 1. The minimum absolute atomic E-state index is 0.220. The van der Waals surface area contributed by atoms with Gasteiger partial charge in [0.05, 0.1) is 12.6 Å². The van der Waals surface area contributed by atoms with E-state index in [1.54, 1.807) is 0 Å². The molecule has 0 bridgehead atoms. The molecule has 92 valence electrons. The highest BCUT2D eigenvalue weighted by atomic mass is 16.4. The Hall–Kier alpha value is -1.03. The van der Waals surface area contributed by atoms with Gasteiger partial charge in [0.15, 0.2) is 0 Å². The third-order valence-electron chi connectivity index (χ3n) is 2.97. The van der Waals surface area contributed by atoms with Gasteiger partial charge in [-0.1, -0.05) is 26.7 Å². The fourth-order valence-electron chi connectivity index (χ4n) is 2.25. The molecule has 1 heterocycles. The lowest BCUT2D eigenvalue weighted by Crippen LogP contribution is -2.43. The monoisotopic (exact) mass is 227 g/mol. The zero-order valence-electron chi connectivity index (χ0n) is 10.1. The molecule has 0 aromatic carbocycles. The number of hydrogen-bond acceptors (Lipinski definition) is 2. The lowest BCUT2D eigenvalue weighted by molar-refractivity contribution is 0.104. The van der Waals surface area contributed by atoms with Crippen molar-refractivity contribution in [2.75, 3.05) is 13.1 Å². The number of rotatable bonds is 4. The van der Waals surface area contributed by atoms with Gasteiger partial charge in [-0.3, -0.25) is 0 Å². The highest BCUT2D eigenvalue weighted by molar-refractivity contribution is 5.66. The summed E-state index contributed by atoms with van der Waals surface area (Å²) in [7, 11) is 0. The number of aliphatic hydroxyl groups is 1. The standard InChI is InChI=1S/C12H21NO3/c1-3-5-9-7-13(12(15)16)8-11(14)10(9)6-4-2/h11,14H,3-8H2,1-2H3,(H,15,16). The summed E-state index contributed by atoms with van der Waals surface area (Å²) < 4.78 is 0. The Bertz CT molecular complexity index is 286. The SMILES string of the molecule is CCCC1=C(CCC)C(O)CN(C(=O)O)C1. The Kier molecular flexibility index (Phi) is 4.80. The van der Waals surface area contributed by atoms with E-state index in [-0.39, 0.29) is 6.54 Å². The summed E-state index contributed by atoms with van der Waals surface area (Å²) in [6.45, 7) is 4.84. The second-order valence-corrected chi connectivity index (χ2v) is 4.31. The van der Waals surface area contributed by atoms with Gasteiger partial charge >= 0.3 is 6.09 Å². The minimum atomic E-state index is -0.941. The number of aliphatic hydroxyl groups excluding tert-OH is 1. The molecule has 1 aliphatic heterocycles. The third kappa shape index (κ3) is 2.98. The van der Waals surface area contributed by atoms with E-state index in [9.17, 15) is 9.90 Å². The fraction of sp³-hybridized carbons (Fsp3) is 0.750. The van der Waals surface area contributed by atoms with Gasteiger partial charge in [0.1, 0.15) is 0 Å². The first-order valence-corrected chi connectivity index (χ1v) is 5.96. The molecule has 1 unspecified atom stereocenters. The van der Waals surface area contributed by atoms with Crippen molar-refractivity contribution >= 4 is 6.09 Å². The second kappa shape index (κ2) is 5.89. The molecule has 1 atom stereocenters. The highest BCUT2D eigenvalue weighted by Gasteiger charge is 2.27. The molecule has 16 heavy (non-hydrogen) atoms. The predicted molar refractivity (Wildman–Crippen MR) is 62.4 cm³/mol. The van der Waals surface area contributed by atoms with Gasteiger partial charge in [0, 0.05) is 6.54 Å². The molecular weight excluding hydrogens is 206 g/mol. The van der Waals surface area contributed by atoms with Gasteiger partial charge in [-0.15, -0.1) is 0 Å². The van der Waals surface area contributed by atoms with Gasteiger partial charge < -0.3 is 15.1 Å². The topological polar surface area (TPSA) is 60.8 Å².